The third-order valence-electron chi connectivity index (χ3n) is 2.25. The molecular formula is C10H19NO2. The number of carbonyl (C=O) groups is 1. The van der Waals surface area contributed by atoms with Crippen LogP contribution in [0.1, 0.15) is 27.7 Å². The Hall–Kier alpha value is -0.990. The fourth-order valence-corrected chi connectivity index (χ4v) is 0.681. The molecule has 0 aromatic heterocycles. The van der Waals surface area contributed by atoms with Crippen LogP contribution in [0.2, 0.25) is 0 Å². The molecule has 1 atom stereocenters. The van der Waals surface area contributed by atoms with Gasteiger partial charge >= 0.3 is 5.97 Å². The van der Waals surface area contributed by atoms with Gasteiger partial charge in [-0.3, -0.25) is 0 Å². The topological polar surface area (TPSA) is 49.3 Å². The standard InChI is InChI=1S/C10H19NO2/c1-8(10(2,3)4)7-11-6-5-9(12)13/h5-6,8,11H,7H2,1-4H3,(H,12,13)/b6-5+. The molecule has 0 heterocycles. The fraction of sp³-hybridized carbons (Fsp3) is 0.700. The summed E-state index contributed by atoms with van der Waals surface area (Å²) in [4.78, 5) is 10.1. The Morgan fingerprint density at radius 1 is 1.54 bits per heavy atom. The average Bonchev–Trinajstić information content (AvgIpc) is 1.95. The molecule has 0 radical (unpaired) electrons. The number of hydrogen-bond donors (Lipinski definition) is 2. The van der Waals surface area contributed by atoms with Gasteiger partial charge in [-0.2, -0.15) is 0 Å². The summed E-state index contributed by atoms with van der Waals surface area (Å²) in [6, 6.07) is 0. The Morgan fingerprint density at radius 3 is 2.46 bits per heavy atom. The monoisotopic (exact) mass is 185 g/mol. The first kappa shape index (κ1) is 12.0. The molecule has 0 amide bonds. The molecule has 0 aliphatic heterocycles. The Bertz CT molecular complexity index is 192. The van der Waals surface area contributed by atoms with Crippen LogP contribution in [0.4, 0.5) is 0 Å². The van der Waals surface area contributed by atoms with Crippen molar-refractivity contribution in [3.8, 4) is 0 Å². The zero-order chi connectivity index (χ0) is 10.5. The SMILES string of the molecule is CC(CN/C=C/C(=O)O)C(C)(C)C. The van der Waals surface area contributed by atoms with E-state index in [4.69, 9.17) is 5.11 Å². The molecule has 76 valence electrons. The Morgan fingerprint density at radius 2 is 2.08 bits per heavy atom. The van der Waals surface area contributed by atoms with E-state index in [0.29, 0.717) is 5.92 Å². The lowest BCUT2D eigenvalue weighted by Crippen LogP contribution is -2.27. The molecule has 0 saturated heterocycles. The van der Waals surface area contributed by atoms with Crippen LogP contribution in [0, 0.1) is 11.3 Å². The smallest absolute Gasteiger partial charge is 0.329 e. The van der Waals surface area contributed by atoms with Crippen molar-refractivity contribution in [3.63, 3.8) is 0 Å². The van der Waals surface area contributed by atoms with E-state index in [0.717, 1.165) is 12.6 Å². The number of hydrogen-bond acceptors (Lipinski definition) is 2. The van der Waals surface area contributed by atoms with Crippen molar-refractivity contribution >= 4 is 5.97 Å². The molecular weight excluding hydrogens is 166 g/mol. The van der Waals surface area contributed by atoms with E-state index in [2.05, 4.69) is 33.0 Å². The van der Waals surface area contributed by atoms with Crippen molar-refractivity contribution in [1.82, 2.24) is 5.32 Å². The summed E-state index contributed by atoms with van der Waals surface area (Å²) in [7, 11) is 0. The van der Waals surface area contributed by atoms with E-state index in [-0.39, 0.29) is 5.41 Å². The summed E-state index contributed by atoms with van der Waals surface area (Å²) in [5.41, 5.74) is 0.254. The molecule has 1 unspecified atom stereocenters. The predicted octanol–water partition coefficient (Wildman–Crippen LogP) is 1.86. The fourth-order valence-electron chi connectivity index (χ4n) is 0.681. The number of nitrogens with one attached hydrogen (secondary N) is 1. The van der Waals surface area contributed by atoms with Crippen LogP contribution in [0.3, 0.4) is 0 Å². The van der Waals surface area contributed by atoms with Crippen LogP contribution in [0.25, 0.3) is 0 Å². The molecule has 0 aromatic carbocycles. The minimum Gasteiger partial charge on any atom is -0.478 e. The van der Waals surface area contributed by atoms with Crippen LogP contribution in [0.15, 0.2) is 12.3 Å². The second kappa shape index (κ2) is 4.90. The number of rotatable bonds is 4. The highest BCUT2D eigenvalue weighted by Gasteiger charge is 2.18. The molecule has 0 aliphatic carbocycles. The Kier molecular flexibility index (Phi) is 4.52. The van der Waals surface area contributed by atoms with E-state index in [9.17, 15) is 4.79 Å². The van der Waals surface area contributed by atoms with Gasteiger partial charge in [-0.1, -0.05) is 27.7 Å². The molecule has 0 aromatic rings. The minimum atomic E-state index is -0.920. The molecule has 0 fully saturated rings. The van der Waals surface area contributed by atoms with Gasteiger partial charge in [0, 0.05) is 18.8 Å². The van der Waals surface area contributed by atoms with Gasteiger partial charge in [-0.25, -0.2) is 4.79 Å². The quantitative estimate of drug-likeness (QED) is 0.657. The van der Waals surface area contributed by atoms with Gasteiger partial charge in [-0.05, 0) is 11.3 Å². The average molecular weight is 185 g/mol. The van der Waals surface area contributed by atoms with Crippen LogP contribution in [-0.4, -0.2) is 17.6 Å². The largest absolute Gasteiger partial charge is 0.478 e. The van der Waals surface area contributed by atoms with Gasteiger partial charge in [-0.15, -0.1) is 0 Å². The second-order valence-electron chi connectivity index (χ2n) is 4.35. The normalized spacial score (nSPS) is 14.5. The number of aliphatic carboxylic acids is 1. The first-order valence-corrected chi connectivity index (χ1v) is 4.47. The lowest BCUT2D eigenvalue weighted by atomic mass is 9.82. The first-order chi connectivity index (χ1) is 5.84. The van der Waals surface area contributed by atoms with E-state index in [1.54, 1.807) is 0 Å². The molecule has 3 nitrogen and oxygen atoms in total. The van der Waals surface area contributed by atoms with E-state index in [1.165, 1.54) is 6.20 Å². The minimum absolute atomic E-state index is 0.254. The Balaban J connectivity index is 3.72. The van der Waals surface area contributed by atoms with Gasteiger partial charge in [0.05, 0.1) is 0 Å². The van der Waals surface area contributed by atoms with Crippen LogP contribution < -0.4 is 5.32 Å². The summed E-state index contributed by atoms with van der Waals surface area (Å²) < 4.78 is 0. The van der Waals surface area contributed by atoms with Gasteiger partial charge in [0.15, 0.2) is 0 Å². The van der Waals surface area contributed by atoms with E-state index in [1.807, 2.05) is 0 Å². The van der Waals surface area contributed by atoms with Crippen molar-refractivity contribution in [2.75, 3.05) is 6.54 Å². The van der Waals surface area contributed by atoms with E-state index >= 15 is 0 Å². The van der Waals surface area contributed by atoms with Crippen LogP contribution in [-0.2, 0) is 4.79 Å². The van der Waals surface area contributed by atoms with Crippen molar-refractivity contribution in [2.45, 2.75) is 27.7 Å². The maximum Gasteiger partial charge on any atom is 0.329 e. The summed E-state index contributed by atoms with van der Waals surface area (Å²) in [5, 5.41) is 11.3. The van der Waals surface area contributed by atoms with Gasteiger partial charge in [0.1, 0.15) is 0 Å². The van der Waals surface area contributed by atoms with Gasteiger partial charge in [0.2, 0.25) is 0 Å². The van der Waals surface area contributed by atoms with Crippen LogP contribution in [0.5, 0.6) is 0 Å². The highest BCUT2D eigenvalue weighted by atomic mass is 16.4. The summed E-state index contributed by atoms with van der Waals surface area (Å²) >= 11 is 0. The zero-order valence-electron chi connectivity index (χ0n) is 8.79. The highest BCUT2D eigenvalue weighted by molar-refractivity contribution is 5.79. The lowest BCUT2D eigenvalue weighted by Gasteiger charge is -2.26. The predicted molar refractivity (Wildman–Crippen MR) is 53.4 cm³/mol. The van der Waals surface area contributed by atoms with Crippen molar-refractivity contribution in [3.05, 3.63) is 12.3 Å². The molecule has 2 N–H and O–H groups in total. The van der Waals surface area contributed by atoms with Gasteiger partial charge < -0.3 is 10.4 Å². The molecule has 3 heteroatoms. The van der Waals surface area contributed by atoms with Crippen LogP contribution >= 0.6 is 0 Å². The van der Waals surface area contributed by atoms with E-state index < -0.39 is 5.97 Å². The maximum atomic E-state index is 10.1. The Labute approximate surface area is 79.8 Å². The molecule has 0 aliphatic rings. The maximum absolute atomic E-state index is 10.1. The molecule has 0 saturated carbocycles. The highest BCUT2D eigenvalue weighted by Crippen LogP contribution is 2.24. The number of carboxylic acid groups (broad SMARTS) is 1. The molecule has 13 heavy (non-hydrogen) atoms. The number of carboxylic acids is 1. The second-order valence-corrected chi connectivity index (χ2v) is 4.35. The zero-order valence-corrected chi connectivity index (χ0v) is 8.79. The summed E-state index contributed by atoms with van der Waals surface area (Å²) in [5.74, 6) is -0.415. The molecule has 0 spiro atoms. The first-order valence-electron chi connectivity index (χ1n) is 4.47. The summed E-state index contributed by atoms with van der Waals surface area (Å²) in [6.45, 7) is 9.44. The van der Waals surface area contributed by atoms with Crippen molar-refractivity contribution in [2.24, 2.45) is 11.3 Å². The van der Waals surface area contributed by atoms with Crippen molar-refractivity contribution < 1.29 is 9.90 Å². The third-order valence-corrected chi connectivity index (χ3v) is 2.25. The lowest BCUT2D eigenvalue weighted by molar-refractivity contribution is -0.131. The molecule has 0 rings (SSSR count). The van der Waals surface area contributed by atoms with Gasteiger partial charge in [0.25, 0.3) is 0 Å². The molecule has 0 bridgehead atoms. The summed E-state index contributed by atoms with van der Waals surface area (Å²) in [6.07, 6.45) is 2.58. The van der Waals surface area contributed by atoms with Crippen molar-refractivity contribution in [1.29, 1.82) is 0 Å². The third kappa shape index (κ3) is 6.20.